The summed E-state index contributed by atoms with van der Waals surface area (Å²) in [6.45, 7) is 5.14. The highest BCUT2D eigenvalue weighted by molar-refractivity contribution is 5.83. The lowest BCUT2D eigenvalue weighted by molar-refractivity contribution is -0.141. The molecule has 3 atom stereocenters. The van der Waals surface area contributed by atoms with Crippen LogP contribution in [0.15, 0.2) is 0 Å². The summed E-state index contributed by atoms with van der Waals surface area (Å²) < 4.78 is 0. The predicted octanol–water partition coefficient (Wildman–Crippen LogP) is 0.308. The predicted molar refractivity (Wildman–Crippen MR) is 59.1 cm³/mol. The first-order valence-corrected chi connectivity index (χ1v) is 5.36. The molecule has 0 rings (SSSR count). The Labute approximate surface area is 95.0 Å². The normalized spacial score (nSPS) is 16.0. The number of carboxylic acid groups (broad SMARTS) is 1. The zero-order chi connectivity index (χ0) is 12.7. The minimum absolute atomic E-state index is 0.0200. The molecule has 0 fully saturated rings. The van der Waals surface area contributed by atoms with Gasteiger partial charge in [0.25, 0.3) is 0 Å². The lowest BCUT2D eigenvalue weighted by Crippen LogP contribution is -2.52. The van der Waals surface area contributed by atoms with Crippen molar-refractivity contribution in [2.24, 2.45) is 0 Å². The van der Waals surface area contributed by atoms with E-state index in [0.717, 1.165) is 12.8 Å². The molecule has 6 heteroatoms. The minimum atomic E-state index is -1.28. The van der Waals surface area contributed by atoms with Crippen molar-refractivity contribution >= 4 is 12.0 Å². The number of carboxylic acids is 1. The smallest absolute Gasteiger partial charge is 0.328 e. The largest absolute Gasteiger partial charge is 0.480 e. The Bertz CT molecular complexity index is 243. The molecule has 2 amide bonds. The summed E-state index contributed by atoms with van der Waals surface area (Å²) in [4.78, 5) is 22.0. The first-order valence-electron chi connectivity index (χ1n) is 5.36. The number of carbonyl (C=O) groups is 2. The molecule has 16 heavy (non-hydrogen) atoms. The second-order valence-electron chi connectivity index (χ2n) is 3.86. The van der Waals surface area contributed by atoms with Gasteiger partial charge >= 0.3 is 12.0 Å². The highest BCUT2D eigenvalue weighted by Gasteiger charge is 2.25. The maximum atomic E-state index is 11.4. The average Bonchev–Trinajstić information content (AvgIpc) is 2.13. The second-order valence-corrected chi connectivity index (χ2v) is 3.86. The topological polar surface area (TPSA) is 98.7 Å². The summed E-state index contributed by atoms with van der Waals surface area (Å²) in [5, 5.41) is 22.7. The van der Waals surface area contributed by atoms with Crippen LogP contribution in [0.4, 0.5) is 4.79 Å². The highest BCUT2D eigenvalue weighted by atomic mass is 16.4. The Balaban J connectivity index is 4.15. The fraction of sp³-hybridized carbons (Fsp3) is 0.800. The number of rotatable bonds is 6. The second kappa shape index (κ2) is 7.05. The van der Waals surface area contributed by atoms with E-state index >= 15 is 0 Å². The molecule has 0 aromatic heterocycles. The number of amides is 2. The Hall–Kier alpha value is -1.30. The average molecular weight is 232 g/mol. The molecule has 0 radical (unpaired) electrons. The Morgan fingerprint density at radius 2 is 1.81 bits per heavy atom. The molecule has 3 unspecified atom stereocenters. The van der Waals surface area contributed by atoms with Gasteiger partial charge in [0.2, 0.25) is 0 Å². The maximum absolute atomic E-state index is 11.4. The van der Waals surface area contributed by atoms with E-state index in [1.165, 1.54) is 6.92 Å². The van der Waals surface area contributed by atoms with Gasteiger partial charge in [0, 0.05) is 6.04 Å². The number of aliphatic hydroxyl groups excluding tert-OH is 1. The number of aliphatic carboxylic acids is 1. The lowest BCUT2D eigenvalue weighted by atomic mass is 10.2. The van der Waals surface area contributed by atoms with Gasteiger partial charge < -0.3 is 20.8 Å². The Morgan fingerprint density at radius 1 is 1.25 bits per heavy atom. The zero-order valence-electron chi connectivity index (χ0n) is 9.86. The highest BCUT2D eigenvalue weighted by Crippen LogP contribution is 1.96. The van der Waals surface area contributed by atoms with Crippen molar-refractivity contribution in [2.75, 3.05) is 0 Å². The summed E-state index contributed by atoms with van der Waals surface area (Å²) in [6, 6.07) is -1.88. The first kappa shape index (κ1) is 14.7. The maximum Gasteiger partial charge on any atom is 0.328 e. The summed E-state index contributed by atoms with van der Waals surface area (Å²) in [7, 11) is 0. The van der Waals surface area contributed by atoms with Crippen LogP contribution in [0.1, 0.15) is 33.6 Å². The van der Waals surface area contributed by atoms with Gasteiger partial charge in [0.05, 0.1) is 6.10 Å². The van der Waals surface area contributed by atoms with Gasteiger partial charge in [-0.1, -0.05) is 13.3 Å². The van der Waals surface area contributed by atoms with Crippen molar-refractivity contribution in [3.05, 3.63) is 0 Å². The molecule has 0 aromatic carbocycles. The molecule has 94 valence electrons. The van der Waals surface area contributed by atoms with Crippen molar-refractivity contribution < 1.29 is 19.8 Å². The molecule has 0 saturated heterocycles. The van der Waals surface area contributed by atoms with Gasteiger partial charge in [0.1, 0.15) is 0 Å². The van der Waals surface area contributed by atoms with Gasteiger partial charge in [-0.3, -0.25) is 0 Å². The monoisotopic (exact) mass is 232 g/mol. The molecule has 0 saturated carbocycles. The van der Waals surface area contributed by atoms with E-state index < -0.39 is 24.1 Å². The summed E-state index contributed by atoms with van der Waals surface area (Å²) in [6.07, 6.45) is 0.616. The third-order valence-corrected chi connectivity index (χ3v) is 2.13. The van der Waals surface area contributed by atoms with Crippen LogP contribution in [0.5, 0.6) is 0 Å². The van der Waals surface area contributed by atoms with Crippen molar-refractivity contribution in [3.63, 3.8) is 0 Å². The van der Waals surface area contributed by atoms with E-state index in [9.17, 15) is 9.59 Å². The van der Waals surface area contributed by atoms with E-state index in [1.807, 2.05) is 13.8 Å². The van der Waals surface area contributed by atoms with E-state index in [4.69, 9.17) is 10.2 Å². The molecule has 6 nitrogen and oxygen atoms in total. The molecular weight excluding hydrogens is 212 g/mol. The molecule has 0 aliphatic heterocycles. The first-order chi connectivity index (χ1) is 7.38. The van der Waals surface area contributed by atoms with Crippen LogP contribution < -0.4 is 10.6 Å². The van der Waals surface area contributed by atoms with Crippen LogP contribution in [0, 0.1) is 0 Å². The number of hydrogen-bond acceptors (Lipinski definition) is 3. The van der Waals surface area contributed by atoms with Gasteiger partial charge in [-0.05, 0) is 20.3 Å². The quantitative estimate of drug-likeness (QED) is 0.529. The lowest BCUT2D eigenvalue weighted by Gasteiger charge is -2.19. The Kier molecular flexibility index (Phi) is 6.48. The van der Waals surface area contributed by atoms with Gasteiger partial charge in [0.15, 0.2) is 6.04 Å². The van der Waals surface area contributed by atoms with Crippen molar-refractivity contribution in [1.29, 1.82) is 0 Å². The molecule has 0 aromatic rings. The number of aliphatic hydroxyl groups is 1. The summed E-state index contributed by atoms with van der Waals surface area (Å²) in [5.41, 5.74) is 0. The number of carbonyl (C=O) groups excluding carboxylic acids is 1. The fourth-order valence-electron chi connectivity index (χ4n) is 1.30. The van der Waals surface area contributed by atoms with Crippen LogP contribution in [0.2, 0.25) is 0 Å². The SMILES string of the molecule is CCCC(C)NC(=O)NC(C(=O)O)C(C)O. The molecule has 0 bridgehead atoms. The van der Waals surface area contributed by atoms with Crippen LogP contribution >= 0.6 is 0 Å². The molecule has 0 spiro atoms. The number of urea groups is 1. The Morgan fingerprint density at radius 3 is 2.19 bits per heavy atom. The molecule has 0 aliphatic rings. The van der Waals surface area contributed by atoms with Gasteiger partial charge in [-0.15, -0.1) is 0 Å². The zero-order valence-corrected chi connectivity index (χ0v) is 9.86. The van der Waals surface area contributed by atoms with E-state index in [0.29, 0.717) is 0 Å². The van der Waals surface area contributed by atoms with Crippen LogP contribution in [0.3, 0.4) is 0 Å². The van der Waals surface area contributed by atoms with Crippen molar-refractivity contribution in [2.45, 2.75) is 51.8 Å². The number of nitrogens with one attached hydrogen (secondary N) is 2. The molecule has 0 heterocycles. The van der Waals surface area contributed by atoms with Crippen molar-refractivity contribution in [1.82, 2.24) is 10.6 Å². The summed E-state index contributed by atoms with van der Waals surface area (Å²) >= 11 is 0. The van der Waals surface area contributed by atoms with Gasteiger partial charge in [-0.25, -0.2) is 9.59 Å². The third kappa shape index (κ3) is 5.55. The fourth-order valence-corrected chi connectivity index (χ4v) is 1.30. The van der Waals surface area contributed by atoms with Crippen molar-refractivity contribution in [3.8, 4) is 0 Å². The molecule has 0 aliphatic carbocycles. The third-order valence-electron chi connectivity index (χ3n) is 2.13. The van der Waals surface area contributed by atoms with E-state index in [-0.39, 0.29) is 6.04 Å². The van der Waals surface area contributed by atoms with E-state index in [1.54, 1.807) is 0 Å². The van der Waals surface area contributed by atoms with Gasteiger partial charge in [-0.2, -0.15) is 0 Å². The molecule has 4 N–H and O–H groups in total. The van der Waals surface area contributed by atoms with E-state index in [2.05, 4.69) is 10.6 Å². The summed E-state index contributed by atoms with van der Waals surface area (Å²) in [5.74, 6) is -1.26. The van der Waals surface area contributed by atoms with Crippen LogP contribution in [-0.4, -0.2) is 40.4 Å². The van der Waals surface area contributed by atoms with Crippen LogP contribution in [-0.2, 0) is 4.79 Å². The molecular formula is C10H20N2O4. The number of hydrogen-bond donors (Lipinski definition) is 4. The van der Waals surface area contributed by atoms with Crippen LogP contribution in [0.25, 0.3) is 0 Å². The minimum Gasteiger partial charge on any atom is -0.480 e. The standard InChI is InChI=1S/C10H20N2O4/c1-4-5-6(2)11-10(16)12-8(7(3)13)9(14)15/h6-8,13H,4-5H2,1-3H3,(H,14,15)(H2,11,12,16).